The van der Waals surface area contributed by atoms with E-state index in [1.54, 1.807) is 0 Å². The van der Waals surface area contributed by atoms with Gasteiger partial charge in [-0.1, -0.05) is 27.7 Å². The first kappa shape index (κ1) is 13.7. The van der Waals surface area contributed by atoms with Gasteiger partial charge in [0, 0.05) is 6.20 Å². The Hall–Kier alpha value is -1.29. The molecule has 0 saturated carbocycles. The molecular weight excluding hydrogens is 252 g/mol. The van der Waals surface area contributed by atoms with Gasteiger partial charge in [0.05, 0.1) is 18.3 Å². The van der Waals surface area contributed by atoms with E-state index in [4.69, 9.17) is 4.74 Å². The highest BCUT2D eigenvalue weighted by Gasteiger charge is 2.47. The van der Waals surface area contributed by atoms with Gasteiger partial charge in [-0.2, -0.15) is 0 Å². The van der Waals surface area contributed by atoms with E-state index in [0.29, 0.717) is 18.4 Å². The zero-order chi connectivity index (χ0) is 14.4. The van der Waals surface area contributed by atoms with Crippen molar-refractivity contribution in [3.8, 4) is 0 Å². The summed E-state index contributed by atoms with van der Waals surface area (Å²) in [5.74, 6) is 1.14. The van der Waals surface area contributed by atoms with Gasteiger partial charge in [0.15, 0.2) is 6.23 Å². The lowest BCUT2D eigenvalue weighted by Crippen LogP contribution is -2.48. The normalized spacial score (nSPS) is 29.2. The maximum atomic E-state index is 12.9. The minimum Gasteiger partial charge on any atom is -0.350 e. The predicted molar refractivity (Wildman–Crippen MR) is 77.1 cm³/mol. The summed E-state index contributed by atoms with van der Waals surface area (Å²) >= 11 is 0. The molecule has 1 aromatic rings. The molecule has 0 aromatic carbocycles. The van der Waals surface area contributed by atoms with Crippen molar-refractivity contribution in [2.45, 2.75) is 52.4 Å². The number of rotatable bonds is 3. The second-order valence-corrected chi connectivity index (χ2v) is 6.73. The lowest BCUT2D eigenvalue weighted by atomic mass is 9.97. The number of nitrogens with zero attached hydrogens (tertiary/aromatic N) is 2. The summed E-state index contributed by atoms with van der Waals surface area (Å²) in [6, 6.07) is 4.23. The lowest BCUT2D eigenvalue weighted by molar-refractivity contribution is -0.147. The third kappa shape index (κ3) is 1.97. The molecule has 1 fully saturated rings. The van der Waals surface area contributed by atoms with Crippen molar-refractivity contribution < 1.29 is 9.53 Å². The van der Waals surface area contributed by atoms with E-state index < -0.39 is 0 Å². The van der Waals surface area contributed by atoms with Gasteiger partial charge >= 0.3 is 0 Å². The molecule has 3 rings (SSSR count). The number of amides is 1. The fraction of sp³-hybridized carbons (Fsp3) is 0.688. The highest BCUT2D eigenvalue weighted by molar-refractivity contribution is 5.82. The fourth-order valence-corrected chi connectivity index (χ4v) is 3.40. The molecule has 0 radical (unpaired) electrons. The van der Waals surface area contributed by atoms with E-state index in [1.807, 2.05) is 17.2 Å². The van der Waals surface area contributed by atoms with Crippen molar-refractivity contribution in [1.82, 2.24) is 9.47 Å². The summed E-state index contributed by atoms with van der Waals surface area (Å²) in [5.41, 5.74) is 1.12. The van der Waals surface area contributed by atoms with Crippen LogP contribution in [0.3, 0.4) is 0 Å². The van der Waals surface area contributed by atoms with Gasteiger partial charge < -0.3 is 14.2 Å². The summed E-state index contributed by atoms with van der Waals surface area (Å²) in [5, 5.41) is 0. The monoisotopic (exact) mass is 276 g/mol. The second-order valence-electron chi connectivity index (χ2n) is 6.73. The Kier molecular flexibility index (Phi) is 3.36. The minimum absolute atomic E-state index is 0.0702. The first-order valence-electron chi connectivity index (χ1n) is 7.61. The summed E-state index contributed by atoms with van der Waals surface area (Å²) in [7, 11) is 0. The average molecular weight is 276 g/mol. The molecule has 2 aliphatic rings. The maximum Gasteiger partial charge on any atom is 0.248 e. The van der Waals surface area contributed by atoms with Gasteiger partial charge in [-0.05, 0) is 30.4 Å². The van der Waals surface area contributed by atoms with E-state index in [1.165, 1.54) is 0 Å². The van der Waals surface area contributed by atoms with Crippen molar-refractivity contribution >= 4 is 5.91 Å². The first-order valence-corrected chi connectivity index (χ1v) is 7.61. The minimum atomic E-state index is -0.187. The Morgan fingerprint density at radius 1 is 1.35 bits per heavy atom. The molecular formula is C16H24N2O2. The smallest absolute Gasteiger partial charge is 0.248 e. The average Bonchev–Trinajstić information content (AvgIpc) is 2.99. The van der Waals surface area contributed by atoms with E-state index in [2.05, 4.69) is 38.3 Å². The van der Waals surface area contributed by atoms with Gasteiger partial charge in [0.25, 0.3) is 0 Å². The van der Waals surface area contributed by atoms with Crippen LogP contribution in [0.1, 0.15) is 52.1 Å². The summed E-state index contributed by atoms with van der Waals surface area (Å²) < 4.78 is 8.04. The molecule has 0 N–H and O–H groups in total. The molecule has 1 aromatic heterocycles. The van der Waals surface area contributed by atoms with Crippen LogP contribution in [0, 0.1) is 11.8 Å². The number of hydrogen-bond donors (Lipinski definition) is 0. The van der Waals surface area contributed by atoms with Gasteiger partial charge in [-0.25, -0.2) is 0 Å². The number of hydrogen-bond acceptors (Lipinski definition) is 2. The largest absolute Gasteiger partial charge is 0.350 e. The predicted octanol–water partition coefficient (Wildman–Crippen LogP) is 2.97. The van der Waals surface area contributed by atoms with E-state index in [-0.39, 0.29) is 24.2 Å². The van der Waals surface area contributed by atoms with Crippen molar-refractivity contribution in [2.75, 3.05) is 6.61 Å². The van der Waals surface area contributed by atoms with Crippen LogP contribution in [0.25, 0.3) is 0 Å². The van der Waals surface area contributed by atoms with Gasteiger partial charge in [-0.3, -0.25) is 4.79 Å². The van der Waals surface area contributed by atoms with Crippen molar-refractivity contribution in [3.05, 3.63) is 24.0 Å². The van der Waals surface area contributed by atoms with Crippen molar-refractivity contribution in [1.29, 1.82) is 0 Å². The molecule has 2 aliphatic heterocycles. The summed E-state index contributed by atoms with van der Waals surface area (Å²) in [4.78, 5) is 14.9. The Morgan fingerprint density at radius 2 is 2.10 bits per heavy atom. The van der Waals surface area contributed by atoms with Crippen LogP contribution < -0.4 is 0 Å². The van der Waals surface area contributed by atoms with Crippen molar-refractivity contribution in [3.63, 3.8) is 0 Å². The Balaban J connectivity index is 2.00. The molecule has 0 spiro atoms. The van der Waals surface area contributed by atoms with Crippen LogP contribution in [-0.2, 0) is 9.53 Å². The topological polar surface area (TPSA) is 34.5 Å². The lowest BCUT2D eigenvalue weighted by Gasteiger charge is -2.39. The number of carbonyl (C=O) groups is 1. The second kappa shape index (κ2) is 4.92. The first-order chi connectivity index (χ1) is 9.50. The maximum absolute atomic E-state index is 12.9. The number of aromatic nitrogens is 1. The van der Waals surface area contributed by atoms with Gasteiger partial charge in [-0.15, -0.1) is 0 Å². The highest BCUT2D eigenvalue weighted by Crippen LogP contribution is 2.41. The zero-order valence-electron chi connectivity index (χ0n) is 12.7. The molecule has 0 bridgehead atoms. The van der Waals surface area contributed by atoms with Crippen LogP contribution in [0.5, 0.6) is 0 Å². The Morgan fingerprint density at radius 3 is 2.75 bits per heavy atom. The molecule has 1 unspecified atom stereocenters. The zero-order valence-corrected chi connectivity index (χ0v) is 12.7. The van der Waals surface area contributed by atoms with Gasteiger partial charge in [0.1, 0.15) is 6.04 Å². The molecule has 0 aliphatic carbocycles. The summed E-state index contributed by atoms with van der Waals surface area (Å²) in [6.45, 7) is 9.31. The van der Waals surface area contributed by atoms with E-state index in [0.717, 1.165) is 12.1 Å². The number of fused-ring (bicyclic) bond motifs is 3. The Labute approximate surface area is 120 Å². The van der Waals surface area contributed by atoms with E-state index in [9.17, 15) is 4.79 Å². The Bertz CT molecular complexity index is 506. The standard InChI is InChI=1S/C16H24N2O2/c1-10(2)8-13-15(19)18-14(11(3)4)9-20-16(18)12-6-5-7-17(12)13/h5-7,10-11,13-14,16H,8-9H2,1-4H3/t13-,14+,16?/m0/s1. The molecule has 4 heteroatoms. The molecule has 4 nitrogen and oxygen atoms in total. The quantitative estimate of drug-likeness (QED) is 0.850. The van der Waals surface area contributed by atoms with E-state index >= 15 is 0 Å². The van der Waals surface area contributed by atoms with Crippen LogP contribution in [0.15, 0.2) is 18.3 Å². The SMILES string of the molecule is CC(C)C[C@H]1C(=O)N2C(OC[C@@H]2C(C)C)c2cccn21. The number of ether oxygens (including phenoxy) is 1. The molecule has 3 atom stereocenters. The van der Waals surface area contributed by atoms with Crippen LogP contribution in [-0.4, -0.2) is 28.0 Å². The third-order valence-electron chi connectivity index (χ3n) is 4.44. The van der Waals surface area contributed by atoms with Gasteiger partial charge in [0.2, 0.25) is 5.91 Å². The number of carbonyl (C=O) groups excluding carboxylic acids is 1. The molecule has 3 heterocycles. The third-order valence-corrected chi connectivity index (χ3v) is 4.44. The van der Waals surface area contributed by atoms with Crippen molar-refractivity contribution in [2.24, 2.45) is 11.8 Å². The van der Waals surface area contributed by atoms with Crippen LogP contribution in [0.2, 0.25) is 0 Å². The summed E-state index contributed by atoms with van der Waals surface area (Å²) in [6.07, 6.45) is 2.71. The molecule has 110 valence electrons. The fourth-order valence-electron chi connectivity index (χ4n) is 3.40. The molecule has 1 amide bonds. The van der Waals surface area contributed by atoms with Crippen LogP contribution >= 0.6 is 0 Å². The molecule has 20 heavy (non-hydrogen) atoms. The van der Waals surface area contributed by atoms with Crippen LogP contribution in [0.4, 0.5) is 0 Å². The molecule has 1 saturated heterocycles. The highest BCUT2D eigenvalue weighted by atomic mass is 16.5.